The average molecular weight is 261 g/mol. The van der Waals surface area contributed by atoms with Gasteiger partial charge in [0.25, 0.3) is 5.91 Å². The molecule has 0 aromatic heterocycles. The van der Waals surface area contributed by atoms with E-state index in [1.807, 2.05) is 6.08 Å². The van der Waals surface area contributed by atoms with Crippen LogP contribution in [-0.4, -0.2) is 58.8 Å². The highest BCUT2D eigenvalue weighted by molar-refractivity contribution is 6.13. The molecule has 2 heterocycles. The molecule has 1 N–H and O–H groups in total. The van der Waals surface area contributed by atoms with Crippen molar-refractivity contribution < 1.29 is 14.6 Å². The van der Waals surface area contributed by atoms with Crippen molar-refractivity contribution in [2.75, 3.05) is 26.3 Å². The topological polar surface area (TPSA) is 53.0 Å². The number of aliphatic hydroxyl groups is 1. The Kier molecular flexibility index (Phi) is 4.39. The number of carbonyl (C=O) groups excluding carboxylic acids is 1. The number of carbonyl (C=O) groups is 1. The summed E-state index contributed by atoms with van der Waals surface area (Å²) in [6, 6.07) is 0.0572. The van der Waals surface area contributed by atoms with E-state index in [4.69, 9.17) is 21.6 Å². The summed E-state index contributed by atoms with van der Waals surface area (Å²) in [6.45, 7) is 1.61. The predicted molar refractivity (Wildman–Crippen MR) is 63.3 cm³/mol. The Labute approximate surface area is 106 Å². The van der Waals surface area contributed by atoms with Gasteiger partial charge in [-0.2, -0.15) is 0 Å². The zero-order valence-electron chi connectivity index (χ0n) is 9.59. The number of rotatable bonds is 3. The molecular weight excluding hydrogens is 244 g/mol. The first-order valence-corrected chi connectivity index (χ1v) is 6.18. The SMILES string of the molecule is O=C(C1CN(Cl)CCO1)N1C=CCC1CCO. The first kappa shape index (κ1) is 12.8. The Bertz CT molecular complexity index is 311. The number of hydrogen-bond acceptors (Lipinski definition) is 4. The molecule has 2 aliphatic rings. The molecule has 0 aromatic carbocycles. The number of aliphatic hydroxyl groups excluding tert-OH is 1. The third kappa shape index (κ3) is 2.98. The maximum absolute atomic E-state index is 12.2. The van der Waals surface area contributed by atoms with Gasteiger partial charge in [0.2, 0.25) is 0 Å². The Hall–Kier alpha value is -0.620. The quantitative estimate of drug-likeness (QED) is 0.744. The van der Waals surface area contributed by atoms with Crippen molar-refractivity contribution in [3.05, 3.63) is 12.3 Å². The highest BCUT2D eigenvalue weighted by Gasteiger charge is 2.33. The molecule has 5 nitrogen and oxygen atoms in total. The monoisotopic (exact) mass is 260 g/mol. The molecule has 2 rings (SSSR count). The van der Waals surface area contributed by atoms with Crippen molar-refractivity contribution in [3.8, 4) is 0 Å². The van der Waals surface area contributed by atoms with Crippen molar-refractivity contribution in [1.29, 1.82) is 0 Å². The van der Waals surface area contributed by atoms with E-state index in [1.54, 1.807) is 15.5 Å². The average Bonchev–Trinajstić information content (AvgIpc) is 2.77. The summed E-state index contributed by atoms with van der Waals surface area (Å²) in [5.41, 5.74) is 0. The number of ether oxygens (including phenoxy) is 1. The molecule has 1 fully saturated rings. The van der Waals surface area contributed by atoms with Gasteiger partial charge in [-0.3, -0.25) is 4.79 Å². The smallest absolute Gasteiger partial charge is 0.257 e. The van der Waals surface area contributed by atoms with Crippen LogP contribution in [0.1, 0.15) is 12.8 Å². The molecule has 0 bridgehead atoms. The second kappa shape index (κ2) is 5.82. The van der Waals surface area contributed by atoms with E-state index in [2.05, 4.69) is 0 Å². The second-order valence-electron chi connectivity index (χ2n) is 4.26. The van der Waals surface area contributed by atoms with Crippen molar-refractivity contribution in [3.63, 3.8) is 0 Å². The summed E-state index contributed by atoms with van der Waals surface area (Å²) >= 11 is 5.88. The van der Waals surface area contributed by atoms with Gasteiger partial charge in [0.15, 0.2) is 6.10 Å². The lowest BCUT2D eigenvalue weighted by Crippen LogP contribution is -2.49. The molecule has 2 atom stereocenters. The van der Waals surface area contributed by atoms with Crippen LogP contribution in [0.2, 0.25) is 0 Å². The zero-order chi connectivity index (χ0) is 12.3. The maximum atomic E-state index is 12.2. The van der Waals surface area contributed by atoms with Crippen LogP contribution in [0.3, 0.4) is 0 Å². The molecule has 0 spiro atoms. The van der Waals surface area contributed by atoms with Crippen LogP contribution in [0, 0.1) is 0 Å². The molecule has 1 saturated heterocycles. The third-order valence-electron chi connectivity index (χ3n) is 3.08. The van der Waals surface area contributed by atoms with E-state index in [0.29, 0.717) is 26.1 Å². The fourth-order valence-corrected chi connectivity index (χ4v) is 2.35. The Morgan fingerprint density at radius 2 is 2.41 bits per heavy atom. The summed E-state index contributed by atoms with van der Waals surface area (Å²) in [5.74, 6) is -0.0671. The van der Waals surface area contributed by atoms with Crippen LogP contribution in [0.25, 0.3) is 0 Å². The minimum absolute atomic E-state index is 0.0572. The maximum Gasteiger partial charge on any atom is 0.257 e. The number of hydrogen-bond donors (Lipinski definition) is 1. The van der Waals surface area contributed by atoms with E-state index in [0.717, 1.165) is 6.42 Å². The van der Waals surface area contributed by atoms with Crippen molar-refractivity contribution in [2.45, 2.75) is 25.0 Å². The number of amides is 1. The van der Waals surface area contributed by atoms with Gasteiger partial charge in [-0.1, -0.05) is 6.08 Å². The summed E-state index contributed by atoms with van der Waals surface area (Å²) in [5, 5.41) is 8.95. The lowest BCUT2D eigenvalue weighted by atomic mass is 10.1. The van der Waals surface area contributed by atoms with Gasteiger partial charge in [0.05, 0.1) is 6.61 Å². The first-order valence-electron chi connectivity index (χ1n) is 5.84. The third-order valence-corrected chi connectivity index (χ3v) is 3.38. The van der Waals surface area contributed by atoms with Crippen molar-refractivity contribution >= 4 is 17.7 Å². The molecular formula is C11H17ClN2O3. The summed E-state index contributed by atoms with van der Waals surface area (Å²) < 4.78 is 7.01. The van der Waals surface area contributed by atoms with Crippen LogP contribution in [0.4, 0.5) is 0 Å². The molecule has 6 heteroatoms. The van der Waals surface area contributed by atoms with E-state index < -0.39 is 6.10 Å². The van der Waals surface area contributed by atoms with Gasteiger partial charge in [-0.15, -0.1) is 0 Å². The highest BCUT2D eigenvalue weighted by Crippen LogP contribution is 2.20. The summed E-state index contributed by atoms with van der Waals surface area (Å²) in [7, 11) is 0. The molecule has 2 aliphatic heterocycles. The zero-order valence-corrected chi connectivity index (χ0v) is 10.3. The normalized spacial score (nSPS) is 29.9. The number of nitrogens with zero attached hydrogens (tertiary/aromatic N) is 2. The van der Waals surface area contributed by atoms with Crippen LogP contribution in [0.15, 0.2) is 12.3 Å². The Morgan fingerprint density at radius 1 is 1.59 bits per heavy atom. The van der Waals surface area contributed by atoms with Crippen molar-refractivity contribution in [1.82, 2.24) is 9.32 Å². The predicted octanol–water partition coefficient (Wildman–Crippen LogP) is 0.338. The van der Waals surface area contributed by atoms with Gasteiger partial charge < -0.3 is 14.7 Å². The first-order chi connectivity index (χ1) is 8.22. The lowest BCUT2D eigenvalue weighted by Gasteiger charge is -2.32. The van der Waals surface area contributed by atoms with Crippen LogP contribution in [0.5, 0.6) is 0 Å². The van der Waals surface area contributed by atoms with E-state index in [-0.39, 0.29) is 18.6 Å². The fraction of sp³-hybridized carbons (Fsp3) is 0.727. The minimum Gasteiger partial charge on any atom is -0.396 e. The van der Waals surface area contributed by atoms with Gasteiger partial charge in [0.1, 0.15) is 0 Å². The van der Waals surface area contributed by atoms with E-state index in [9.17, 15) is 4.79 Å². The van der Waals surface area contributed by atoms with Gasteiger partial charge in [0, 0.05) is 31.9 Å². The van der Waals surface area contributed by atoms with Crippen LogP contribution in [-0.2, 0) is 9.53 Å². The van der Waals surface area contributed by atoms with Crippen molar-refractivity contribution in [2.24, 2.45) is 0 Å². The Balaban J connectivity index is 1.96. The van der Waals surface area contributed by atoms with Crippen LogP contribution >= 0.6 is 11.8 Å². The summed E-state index contributed by atoms with van der Waals surface area (Å²) in [6.07, 6.45) is 4.61. The van der Waals surface area contributed by atoms with Gasteiger partial charge >= 0.3 is 0 Å². The van der Waals surface area contributed by atoms with Crippen LogP contribution < -0.4 is 0 Å². The molecule has 96 valence electrons. The summed E-state index contributed by atoms with van der Waals surface area (Å²) in [4.78, 5) is 13.9. The molecule has 2 unspecified atom stereocenters. The lowest BCUT2D eigenvalue weighted by molar-refractivity contribution is -0.146. The van der Waals surface area contributed by atoms with Gasteiger partial charge in [-0.05, 0) is 24.6 Å². The molecule has 1 amide bonds. The molecule has 0 aliphatic carbocycles. The highest BCUT2D eigenvalue weighted by atomic mass is 35.5. The minimum atomic E-state index is -0.495. The molecule has 0 saturated carbocycles. The number of halogens is 1. The molecule has 0 radical (unpaired) electrons. The van der Waals surface area contributed by atoms with E-state index >= 15 is 0 Å². The van der Waals surface area contributed by atoms with E-state index in [1.165, 1.54) is 0 Å². The standard InChI is InChI=1S/C11H17ClN2O3/c12-13-5-7-17-10(8-13)11(16)14-4-1-2-9(14)3-6-15/h1,4,9-10,15H,2-3,5-8H2. The largest absolute Gasteiger partial charge is 0.396 e. The van der Waals surface area contributed by atoms with Gasteiger partial charge in [-0.25, -0.2) is 4.42 Å². The molecule has 0 aromatic rings. The number of morpholine rings is 1. The fourth-order valence-electron chi connectivity index (χ4n) is 2.16. The molecule has 17 heavy (non-hydrogen) atoms. The second-order valence-corrected chi connectivity index (χ2v) is 4.74. The Morgan fingerprint density at radius 3 is 3.12 bits per heavy atom.